The van der Waals surface area contributed by atoms with Gasteiger partial charge in [-0.2, -0.15) is 0 Å². The molecule has 2 N–H and O–H groups in total. The average Bonchev–Trinajstić information content (AvgIpc) is 2.90. The summed E-state index contributed by atoms with van der Waals surface area (Å²) in [7, 11) is -2.56. The molecule has 3 aromatic rings. The second kappa shape index (κ2) is 14.3. The maximum atomic E-state index is 13.1. The molecule has 204 valence electrons. The molecule has 1 unspecified atom stereocenters. The highest BCUT2D eigenvalue weighted by atomic mass is 35.5. The summed E-state index contributed by atoms with van der Waals surface area (Å²) in [5.74, 6) is -0.0651. The van der Waals surface area contributed by atoms with Crippen molar-refractivity contribution in [2.75, 3.05) is 18.5 Å². The fraction of sp³-hybridized carbons (Fsp3) is 0.387. The number of carbonyl (C=O) groups excluding carboxylic acids is 1. The van der Waals surface area contributed by atoms with Crippen molar-refractivity contribution in [2.24, 2.45) is 0 Å². The van der Waals surface area contributed by atoms with Crippen molar-refractivity contribution >= 4 is 53.5 Å². The lowest BCUT2D eigenvalue weighted by Gasteiger charge is -2.43. The molecule has 0 fully saturated rings. The van der Waals surface area contributed by atoms with E-state index in [-0.39, 0.29) is 17.0 Å². The summed E-state index contributed by atoms with van der Waals surface area (Å²) in [6.07, 6.45) is 3.55. The number of carbonyl (C=O) groups is 1. The lowest BCUT2D eigenvalue weighted by Crippen LogP contribution is -2.66. The second-order valence-corrected chi connectivity index (χ2v) is 15.8. The van der Waals surface area contributed by atoms with Gasteiger partial charge in [0.2, 0.25) is 5.91 Å². The van der Waals surface area contributed by atoms with E-state index in [1.807, 2.05) is 0 Å². The van der Waals surface area contributed by atoms with Gasteiger partial charge in [-0.05, 0) is 53.0 Å². The SMILES string of the molecule is CCCCC(NCCCO[Si](c1ccccc1)(c1ccccc1)C(C)(C)C)C(=O)Nc1ccc(Cl)c(Cl)c1. The van der Waals surface area contributed by atoms with Crippen molar-refractivity contribution < 1.29 is 9.22 Å². The van der Waals surface area contributed by atoms with Gasteiger partial charge in [0, 0.05) is 12.3 Å². The fourth-order valence-electron chi connectivity index (χ4n) is 4.87. The van der Waals surface area contributed by atoms with E-state index in [0.29, 0.717) is 28.9 Å². The summed E-state index contributed by atoms with van der Waals surface area (Å²) in [4.78, 5) is 13.1. The highest BCUT2D eigenvalue weighted by molar-refractivity contribution is 6.99. The van der Waals surface area contributed by atoms with Crippen LogP contribution in [0.4, 0.5) is 5.69 Å². The zero-order chi connectivity index (χ0) is 27.6. The minimum Gasteiger partial charge on any atom is -0.407 e. The monoisotopic (exact) mass is 570 g/mol. The lowest BCUT2D eigenvalue weighted by molar-refractivity contribution is -0.118. The van der Waals surface area contributed by atoms with Crippen molar-refractivity contribution in [3.63, 3.8) is 0 Å². The van der Waals surface area contributed by atoms with Gasteiger partial charge >= 0.3 is 0 Å². The van der Waals surface area contributed by atoms with Gasteiger partial charge in [-0.15, -0.1) is 0 Å². The van der Waals surface area contributed by atoms with Crippen LogP contribution in [0.1, 0.15) is 53.4 Å². The molecule has 1 atom stereocenters. The van der Waals surface area contributed by atoms with Gasteiger partial charge in [-0.25, -0.2) is 0 Å². The number of rotatable bonds is 13. The Labute approximate surface area is 239 Å². The van der Waals surface area contributed by atoms with E-state index in [2.05, 4.69) is 99.0 Å². The molecular formula is C31H40Cl2N2O2Si. The number of benzene rings is 3. The van der Waals surface area contributed by atoms with Gasteiger partial charge in [-0.3, -0.25) is 4.79 Å². The third-order valence-electron chi connectivity index (χ3n) is 6.80. The van der Waals surface area contributed by atoms with Crippen LogP contribution in [0.5, 0.6) is 0 Å². The number of nitrogens with one attached hydrogen (secondary N) is 2. The Morgan fingerprint density at radius 3 is 2.03 bits per heavy atom. The third kappa shape index (κ3) is 7.70. The normalized spacial score (nSPS) is 12.8. The number of hydrogen-bond acceptors (Lipinski definition) is 3. The molecule has 3 aromatic carbocycles. The molecule has 0 bridgehead atoms. The molecule has 4 nitrogen and oxygen atoms in total. The number of anilines is 1. The molecule has 0 aliphatic heterocycles. The van der Waals surface area contributed by atoms with E-state index in [1.165, 1.54) is 10.4 Å². The standard InChI is InChI=1S/C31H40Cl2N2O2Si/c1-5-6-18-29(30(36)35-24-19-20-27(32)28(33)23-24)34-21-13-22-37-38(31(2,3)4,25-14-9-7-10-15-25)26-16-11-8-12-17-26/h7-12,14-17,19-20,23,29,34H,5-6,13,18,21-22H2,1-4H3,(H,35,36). The van der Waals surface area contributed by atoms with Crippen molar-refractivity contribution in [3.05, 3.63) is 88.9 Å². The van der Waals surface area contributed by atoms with Gasteiger partial charge in [0.05, 0.1) is 16.1 Å². The van der Waals surface area contributed by atoms with Gasteiger partial charge in [-0.1, -0.05) is 124 Å². The quantitative estimate of drug-likeness (QED) is 0.171. The van der Waals surface area contributed by atoms with Crippen LogP contribution in [0.2, 0.25) is 15.1 Å². The minimum atomic E-state index is -2.56. The maximum Gasteiger partial charge on any atom is 0.261 e. The van der Waals surface area contributed by atoms with E-state index >= 15 is 0 Å². The molecule has 0 heterocycles. The van der Waals surface area contributed by atoms with Crippen LogP contribution in [0.15, 0.2) is 78.9 Å². The first-order valence-corrected chi connectivity index (χ1v) is 16.1. The maximum absolute atomic E-state index is 13.1. The first kappa shape index (κ1) is 30.4. The number of unbranched alkanes of at least 4 members (excludes halogenated alkanes) is 1. The summed E-state index contributed by atoms with van der Waals surface area (Å²) < 4.78 is 6.98. The molecule has 3 rings (SSSR count). The van der Waals surface area contributed by atoms with Crippen LogP contribution in [0, 0.1) is 0 Å². The van der Waals surface area contributed by atoms with E-state index in [1.54, 1.807) is 18.2 Å². The van der Waals surface area contributed by atoms with Crippen molar-refractivity contribution in [1.82, 2.24) is 5.32 Å². The second-order valence-electron chi connectivity index (χ2n) is 10.6. The average molecular weight is 572 g/mol. The van der Waals surface area contributed by atoms with Crippen molar-refractivity contribution in [3.8, 4) is 0 Å². The molecule has 0 radical (unpaired) electrons. The van der Waals surface area contributed by atoms with Crippen LogP contribution < -0.4 is 21.0 Å². The Balaban J connectivity index is 1.68. The largest absolute Gasteiger partial charge is 0.407 e. The molecule has 0 aliphatic carbocycles. The third-order valence-corrected chi connectivity index (χ3v) is 12.6. The first-order chi connectivity index (χ1) is 18.2. The lowest BCUT2D eigenvalue weighted by atomic mass is 10.1. The Bertz CT molecular complexity index is 1110. The summed E-state index contributed by atoms with van der Waals surface area (Å²) >= 11 is 12.1. The zero-order valence-corrected chi connectivity index (χ0v) is 25.4. The van der Waals surface area contributed by atoms with E-state index in [4.69, 9.17) is 27.6 Å². The summed E-state index contributed by atoms with van der Waals surface area (Å²) in [5, 5.41) is 9.81. The van der Waals surface area contributed by atoms with Crippen LogP contribution in [-0.2, 0) is 9.22 Å². The topological polar surface area (TPSA) is 50.4 Å². The molecule has 0 aromatic heterocycles. The molecular weight excluding hydrogens is 531 g/mol. The van der Waals surface area contributed by atoms with Gasteiger partial charge < -0.3 is 15.1 Å². The highest BCUT2D eigenvalue weighted by Crippen LogP contribution is 2.36. The molecule has 0 saturated heterocycles. The zero-order valence-electron chi connectivity index (χ0n) is 22.9. The molecule has 0 spiro atoms. The summed E-state index contributed by atoms with van der Waals surface area (Å²) in [6.45, 7) is 10.3. The first-order valence-electron chi connectivity index (χ1n) is 13.4. The number of halogens is 2. The Hall–Kier alpha value is -2.15. The molecule has 7 heteroatoms. The predicted molar refractivity (Wildman–Crippen MR) is 165 cm³/mol. The Morgan fingerprint density at radius 1 is 0.895 bits per heavy atom. The minimum absolute atomic E-state index is 0.0630. The Morgan fingerprint density at radius 2 is 1.50 bits per heavy atom. The van der Waals surface area contributed by atoms with Crippen LogP contribution in [0.3, 0.4) is 0 Å². The van der Waals surface area contributed by atoms with Crippen LogP contribution in [-0.4, -0.2) is 33.4 Å². The molecule has 1 amide bonds. The van der Waals surface area contributed by atoms with E-state index in [9.17, 15) is 4.79 Å². The van der Waals surface area contributed by atoms with Crippen molar-refractivity contribution in [2.45, 2.75) is 64.5 Å². The summed E-state index contributed by atoms with van der Waals surface area (Å²) in [5.41, 5.74) is 0.641. The molecule has 38 heavy (non-hydrogen) atoms. The van der Waals surface area contributed by atoms with Crippen molar-refractivity contribution in [1.29, 1.82) is 0 Å². The molecule has 0 saturated carbocycles. The summed E-state index contributed by atoms with van der Waals surface area (Å²) in [6, 6.07) is 26.2. The van der Waals surface area contributed by atoms with E-state index in [0.717, 1.165) is 25.7 Å². The predicted octanol–water partition coefficient (Wildman–Crippen LogP) is 7.05. The fourth-order valence-corrected chi connectivity index (χ4v) is 9.78. The smallest absolute Gasteiger partial charge is 0.261 e. The number of amides is 1. The van der Waals surface area contributed by atoms with Gasteiger partial charge in [0.1, 0.15) is 0 Å². The number of hydrogen-bond donors (Lipinski definition) is 2. The van der Waals surface area contributed by atoms with Crippen LogP contribution >= 0.6 is 23.2 Å². The van der Waals surface area contributed by atoms with Gasteiger partial charge in [0.15, 0.2) is 0 Å². The van der Waals surface area contributed by atoms with Gasteiger partial charge in [0.25, 0.3) is 8.32 Å². The molecule has 0 aliphatic rings. The Kier molecular flexibility index (Phi) is 11.4. The van der Waals surface area contributed by atoms with E-state index < -0.39 is 8.32 Å². The highest BCUT2D eigenvalue weighted by Gasteiger charge is 2.49. The van der Waals surface area contributed by atoms with Crippen LogP contribution in [0.25, 0.3) is 0 Å².